The third-order valence-electron chi connectivity index (χ3n) is 4.57. The van der Waals surface area contributed by atoms with Gasteiger partial charge >= 0.3 is 5.97 Å². The summed E-state index contributed by atoms with van der Waals surface area (Å²) in [7, 11) is 1.39. The molecule has 0 saturated carbocycles. The summed E-state index contributed by atoms with van der Waals surface area (Å²) in [6.45, 7) is 2.49. The maximum Gasteiger partial charge on any atom is 0.326 e. The number of benzene rings is 2. The molecule has 2 aromatic rings. The van der Waals surface area contributed by atoms with E-state index >= 15 is 0 Å². The molecule has 1 fully saturated rings. The normalized spacial score (nSPS) is 14.4. The standard InChI is InChI=1S/C24H22Cl2N2O7S/c1-13(2)35-21(30)11-28-23(31)19(36-24(28)32)10-14-8-16(26)22(18(9-14)33-3)34-12-20(29)27-17-7-5-4-6-15(17)25/h4-10,13H,11-12H2,1-3H3,(H,27,29)/b19-10-. The molecule has 0 unspecified atom stereocenters. The average Bonchev–Trinajstić information content (AvgIpc) is 3.06. The zero-order valence-electron chi connectivity index (χ0n) is 19.5. The number of imide groups is 1. The Balaban J connectivity index is 1.72. The van der Waals surface area contributed by atoms with E-state index < -0.39 is 29.6 Å². The number of amides is 3. The third kappa shape index (κ3) is 6.93. The third-order valence-corrected chi connectivity index (χ3v) is 6.09. The van der Waals surface area contributed by atoms with Gasteiger partial charge in [-0.05, 0) is 61.5 Å². The first kappa shape index (κ1) is 27.4. The molecule has 0 radical (unpaired) electrons. The number of rotatable bonds is 9. The summed E-state index contributed by atoms with van der Waals surface area (Å²) in [5.74, 6) is -1.44. The molecule has 0 aromatic heterocycles. The molecule has 36 heavy (non-hydrogen) atoms. The number of anilines is 1. The number of esters is 1. The quantitative estimate of drug-likeness (QED) is 0.341. The van der Waals surface area contributed by atoms with E-state index in [2.05, 4.69) is 5.32 Å². The highest BCUT2D eigenvalue weighted by Gasteiger charge is 2.37. The van der Waals surface area contributed by atoms with Crippen molar-refractivity contribution < 1.29 is 33.4 Å². The molecule has 0 bridgehead atoms. The first-order valence-electron chi connectivity index (χ1n) is 10.6. The van der Waals surface area contributed by atoms with Crippen molar-refractivity contribution >= 4 is 69.8 Å². The number of halogens is 2. The number of carbonyl (C=O) groups excluding carboxylic acids is 4. The van der Waals surface area contributed by atoms with E-state index in [9.17, 15) is 19.2 Å². The summed E-state index contributed by atoms with van der Waals surface area (Å²) in [4.78, 5) is 50.0. The molecular weight excluding hydrogens is 531 g/mol. The molecule has 1 saturated heterocycles. The highest BCUT2D eigenvalue weighted by atomic mass is 35.5. The lowest BCUT2D eigenvalue weighted by molar-refractivity contribution is -0.149. The number of ether oxygens (including phenoxy) is 3. The van der Waals surface area contributed by atoms with E-state index in [0.29, 0.717) is 28.0 Å². The summed E-state index contributed by atoms with van der Waals surface area (Å²) in [6, 6.07) is 9.79. The van der Waals surface area contributed by atoms with Crippen LogP contribution >= 0.6 is 35.0 Å². The Hall–Kier alpha value is -3.21. The maximum atomic E-state index is 12.7. The van der Waals surface area contributed by atoms with Gasteiger partial charge in [-0.25, -0.2) is 0 Å². The van der Waals surface area contributed by atoms with Crippen LogP contribution in [0.15, 0.2) is 41.3 Å². The second-order valence-electron chi connectivity index (χ2n) is 7.66. The van der Waals surface area contributed by atoms with Gasteiger partial charge in [0.1, 0.15) is 6.54 Å². The van der Waals surface area contributed by atoms with Crippen molar-refractivity contribution in [2.45, 2.75) is 20.0 Å². The van der Waals surface area contributed by atoms with Crippen molar-refractivity contribution in [3.63, 3.8) is 0 Å². The van der Waals surface area contributed by atoms with E-state index in [1.807, 2.05) is 0 Å². The van der Waals surface area contributed by atoms with Crippen LogP contribution in [0.25, 0.3) is 6.08 Å². The zero-order valence-corrected chi connectivity index (χ0v) is 21.8. The maximum absolute atomic E-state index is 12.7. The number of para-hydroxylation sites is 1. The topological polar surface area (TPSA) is 111 Å². The van der Waals surface area contributed by atoms with Crippen LogP contribution in [0, 0.1) is 0 Å². The van der Waals surface area contributed by atoms with Gasteiger partial charge in [0.2, 0.25) is 0 Å². The van der Waals surface area contributed by atoms with Gasteiger partial charge in [0.15, 0.2) is 18.1 Å². The Morgan fingerprint density at radius 3 is 2.53 bits per heavy atom. The Morgan fingerprint density at radius 2 is 1.86 bits per heavy atom. The van der Waals surface area contributed by atoms with Crippen LogP contribution in [-0.2, 0) is 19.1 Å². The molecule has 9 nitrogen and oxygen atoms in total. The minimum Gasteiger partial charge on any atom is -0.493 e. The second kappa shape index (κ2) is 12.2. The van der Waals surface area contributed by atoms with Crippen molar-refractivity contribution in [3.8, 4) is 11.5 Å². The first-order chi connectivity index (χ1) is 17.1. The fourth-order valence-electron chi connectivity index (χ4n) is 3.07. The van der Waals surface area contributed by atoms with Crippen LogP contribution in [0.4, 0.5) is 10.5 Å². The zero-order chi connectivity index (χ0) is 26.4. The predicted molar refractivity (Wildman–Crippen MR) is 137 cm³/mol. The van der Waals surface area contributed by atoms with Gasteiger partial charge in [0.25, 0.3) is 17.1 Å². The lowest BCUT2D eigenvalue weighted by Gasteiger charge is -2.14. The summed E-state index contributed by atoms with van der Waals surface area (Å²) < 4.78 is 15.9. The number of hydrogen-bond acceptors (Lipinski definition) is 8. The lowest BCUT2D eigenvalue weighted by Crippen LogP contribution is -2.35. The van der Waals surface area contributed by atoms with Gasteiger partial charge < -0.3 is 19.5 Å². The van der Waals surface area contributed by atoms with Crippen LogP contribution in [-0.4, -0.2) is 54.3 Å². The molecule has 3 amide bonds. The van der Waals surface area contributed by atoms with Gasteiger partial charge in [0.05, 0.1) is 33.9 Å². The van der Waals surface area contributed by atoms with Crippen LogP contribution in [0.5, 0.6) is 11.5 Å². The van der Waals surface area contributed by atoms with Crippen molar-refractivity contribution in [2.75, 3.05) is 25.6 Å². The Kier molecular flexibility index (Phi) is 9.25. The monoisotopic (exact) mass is 552 g/mol. The molecule has 3 rings (SSSR count). The summed E-state index contributed by atoms with van der Waals surface area (Å²) in [5, 5.41) is 2.54. The van der Waals surface area contributed by atoms with E-state index in [1.165, 1.54) is 25.3 Å². The smallest absolute Gasteiger partial charge is 0.326 e. The van der Waals surface area contributed by atoms with Crippen LogP contribution < -0.4 is 14.8 Å². The van der Waals surface area contributed by atoms with Crippen LogP contribution in [0.1, 0.15) is 19.4 Å². The van der Waals surface area contributed by atoms with Crippen molar-refractivity contribution in [1.82, 2.24) is 4.90 Å². The van der Waals surface area contributed by atoms with Crippen LogP contribution in [0.2, 0.25) is 10.0 Å². The molecule has 0 aliphatic carbocycles. The molecule has 2 aromatic carbocycles. The van der Waals surface area contributed by atoms with Gasteiger partial charge in [-0.3, -0.25) is 24.1 Å². The van der Waals surface area contributed by atoms with E-state index in [4.69, 9.17) is 37.4 Å². The van der Waals surface area contributed by atoms with E-state index in [1.54, 1.807) is 38.1 Å². The van der Waals surface area contributed by atoms with Gasteiger partial charge in [-0.1, -0.05) is 35.3 Å². The molecule has 0 spiro atoms. The summed E-state index contributed by atoms with van der Waals surface area (Å²) in [6.07, 6.45) is 1.08. The fraction of sp³-hybridized carbons (Fsp3) is 0.250. The second-order valence-corrected chi connectivity index (χ2v) is 9.46. The number of methoxy groups -OCH3 is 1. The number of nitrogens with one attached hydrogen (secondary N) is 1. The molecule has 1 heterocycles. The van der Waals surface area contributed by atoms with E-state index in [-0.39, 0.29) is 34.1 Å². The lowest BCUT2D eigenvalue weighted by atomic mass is 10.1. The molecule has 1 N–H and O–H groups in total. The summed E-state index contributed by atoms with van der Waals surface area (Å²) in [5.41, 5.74) is 0.882. The Bertz CT molecular complexity index is 1230. The van der Waals surface area contributed by atoms with Crippen molar-refractivity contribution in [3.05, 3.63) is 56.9 Å². The van der Waals surface area contributed by atoms with Gasteiger partial charge in [-0.2, -0.15) is 0 Å². The van der Waals surface area contributed by atoms with Gasteiger partial charge in [0, 0.05) is 0 Å². The molecule has 0 atom stereocenters. The molecule has 1 aliphatic rings. The average molecular weight is 553 g/mol. The number of hydrogen-bond donors (Lipinski definition) is 1. The Labute approximate surface area is 221 Å². The minimum absolute atomic E-state index is 0.100. The summed E-state index contributed by atoms with van der Waals surface area (Å²) >= 11 is 13.1. The first-order valence-corrected chi connectivity index (χ1v) is 12.2. The molecular formula is C24H22Cl2N2O7S. The van der Waals surface area contributed by atoms with Crippen molar-refractivity contribution in [2.24, 2.45) is 0 Å². The molecule has 12 heteroatoms. The Morgan fingerprint density at radius 1 is 1.14 bits per heavy atom. The number of nitrogens with zero attached hydrogens (tertiary/aromatic N) is 1. The van der Waals surface area contributed by atoms with Crippen LogP contribution in [0.3, 0.4) is 0 Å². The van der Waals surface area contributed by atoms with Gasteiger partial charge in [-0.15, -0.1) is 0 Å². The highest BCUT2D eigenvalue weighted by molar-refractivity contribution is 8.18. The largest absolute Gasteiger partial charge is 0.493 e. The number of carbonyl (C=O) groups is 4. The number of thioether (sulfide) groups is 1. The minimum atomic E-state index is -0.682. The fourth-order valence-corrected chi connectivity index (χ4v) is 4.36. The predicted octanol–water partition coefficient (Wildman–Crippen LogP) is 5.01. The molecule has 1 aliphatic heterocycles. The van der Waals surface area contributed by atoms with E-state index in [0.717, 1.165) is 4.90 Å². The molecule has 190 valence electrons. The highest BCUT2D eigenvalue weighted by Crippen LogP contribution is 2.39. The SMILES string of the molecule is COc1cc(/C=C2\SC(=O)N(CC(=O)OC(C)C)C2=O)cc(Cl)c1OCC(=O)Nc1ccccc1Cl. The van der Waals surface area contributed by atoms with Crippen molar-refractivity contribution in [1.29, 1.82) is 0 Å².